The van der Waals surface area contributed by atoms with Gasteiger partial charge in [0, 0.05) is 35.0 Å². The Hall–Kier alpha value is -4.65. The normalized spacial score (nSPS) is 15.0. The SMILES string of the molecule is Cc1c(CC(=O)N2CCC(C(=O)O)(c3ccccc3)CC2)c(=O)oc2c(C)c3occ(-c4ccccc4)c3cc12. The Morgan fingerprint density at radius 2 is 1.55 bits per heavy atom. The van der Waals surface area contributed by atoms with Crippen LogP contribution in [-0.2, 0) is 21.4 Å². The Morgan fingerprint density at radius 1 is 0.900 bits per heavy atom. The first-order chi connectivity index (χ1) is 19.3. The fourth-order valence-electron chi connectivity index (χ4n) is 6.03. The van der Waals surface area contributed by atoms with E-state index in [-0.39, 0.29) is 12.3 Å². The number of carboxylic acid groups (broad SMARTS) is 1. The third-order valence-corrected chi connectivity index (χ3v) is 8.46. The van der Waals surface area contributed by atoms with Gasteiger partial charge in [0.25, 0.3) is 0 Å². The van der Waals surface area contributed by atoms with Crippen LogP contribution in [0.15, 0.2) is 86.6 Å². The van der Waals surface area contributed by atoms with Crippen LogP contribution >= 0.6 is 0 Å². The third kappa shape index (κ3) is 4.09. The molecule has 0 saturated carbocycles. The highest BCUT2D eigenvalue weighted by atomic mass is 16.4. The minimum absolute atomic E-state index is 0.108. The number of carboxylic acids is 1. The molecule has 1 fully saturated rings. The molecule has 0 unspecified atom stereocenters. The van der Waals surface area contributed by atoms with Crippen molar-refractivity contribution in [2.45, 2.75) is 38.5 Å². The molecule has 0 atom stereocenters. The summed E-state index contributed by atoms with van der Waals surface area (Å²) in [5.41, 5.74) is 3.99. The Bertz CT molecular complexity index is 1810. The van der Waals surface area contributed by atoms with Crippen molar-refractivity contribution in [2.75, 3.05) is 13.1 Å². The lowest BCUT2D eigenvalue weighted by atomic mass is 9.73. The summed E-state index contributed by atoms with van der Waals surface area (Å²) in [6.45, 7) is 4.31. The highest BCUT2D eigenvalue weighted by molar-refractivity contribution is 6.05. The van der Waals surface area contributed by atoms with Crippen LogP contribution in [0.4, 0.5) is 0 Å². The van der Waals surface area contributed by atoms with Crippen molar-refractivity contribution >= 4 is 33.8 Å². The van der Waals surface area contributed by atoms with Crippen molar-refractivity contribution in [1.29, 1.82) is 0 Å². The molecule has 202 valence electrons. The van der Waals surface area contributed by atoms with Crippen LogP contribution in [-0.4, -0.2) is 35.0 Å². The molecule has 3 heterocycles. The molecule has 0 radical (unpaired) electrons. The first kappa shape index (κ1) is 25.6. The Morgan fingerprint density at radius 3 is 2.20 bits per heavy atom. The fourth-order valence-corrected chi connectivity index (χ4v) is 6.03. The van der Waals surface area contributed by atoms with Crippen molar-refractivity contribution in [1.82, 2.24) is 4.90 Å². The predicted molar refractivity (Wildman–Crippen MR) is 152 cm³/mol. The fraction of sp³-hybridized carbons (Fsp3) is 0.242. The van der Waals surface area contributed by atoms with Gasteiger partial charge < -0.3 is 18.8 Å². The van der Waals surface area contributed by atoms with Crippen molar-refractivity contribution in [3.05, 3.63) is 106 Å². The van der Waals surface area contributed by atoms with Gasteiger partial charge in [-0.1, -0.05) is 60.7 Å². The zero-order valence-corrected chi connectivity index (χ0v) is 22.4. The number of carbonyl (C=O) groups excluding carboxylic acids is 1. The summed E-state index contributed by atoms with van der Waals surface area (Å²) in [7, 11) is 0. The number of carbonyl (C=O) groups is 2. The maximum atomic E-state index is 13.4. The van der Waals surface area contributed by atoms with Crippen LogP contribution in [0, 0.1) is 13.8 Å². The van der Waals surface area contributed by atoms with Gasteiger partial charge in [-0.2, -0.15) is 0 Å². The first-order valence-corrected chi connectivity index (χ1v) is 13.4. The van der Waals surface area contributed by atoms with Crippen LogP contribution in [0.1, 0.15) is 35.1 Å². The van der Waals surface area contributed by atoms with Crippen LogP contribution in [0.5, 0.6) is 0 Å². The summed E-state index contributed by atoms with van der Waals surface area (Å²) in [6.07, 6.45) is 2.23. The molecule has 1 amide bonds. The number of fused-ring (bicyclic) bond motifs is 2. The van der Waals surface area contributed by atoms with Crippen molar-refractivity contribution in [3.8, 4) is 11.1 Å². The largest absolute Gasteiger partial charge is 0.481 e. The van der Waals surface area contributed by atoms with Crippen molar-refractivity contribution < 1.29 is 23.5 Å². The molecule has 40 heavy (non-hydrogen) atoms. The maximum Gasteiger partial charge on any atom is 0.340 e. The van der Waals surface area contributed by atoms with Gasteiger partial charge in [-0.15, -0.1) is 0 Å². The molecule has 1 aliphatic heterocycles. The smallest absolute Gasteiger partial charge is 0.340 e. The van der Waals surface area contributed by atoms with E-state index in [0.29, 0.717) is 48.2 Å². The average Bonchev–Trinajstić information content (AvgIpc) is 3.41. The molecule has 1 aliphatic rings. The molecule has 3 aromatic carbocycles. The molecular formula is C33H29NO6. The zero-order valence-electron chi connectivity index (χ0n) is 22.4. The summed E-state index contributed by atoms with van der Waals surface area (Å²) < 4.78 is 11.7. The Balaban J connectivity index is 1.31. The quantitative estimate of drug-likeness (QED) is 0.277. The van der Waals surface area contributed by atoms with E-state index in [2.05, 4.69) is 0 Å². The number of hydrogen-bond donors (Lipinski definition) is 1. The van der Waals surface area contributed by atoms with Crippen LogP contribution in [0.3, 0.4) is 0 Å². The number of benzene rings is 3. The van der Waals surface area contributed by atoms with Gasteiger partial charge >= 0.3 is 11.6 Å². The third-order valence-electron chi connectivity index (χ3n) is 8.46. The number of aryl methyl sites for hydroxylation is 2. The van der Waals surface area contributed by atoms with E-state index in [1.54, 1.807) is 11.2 Å². The Labute approximate surface area is 230 Å². The molecule has 0 bridgehead atoms. The topological polar surface area (TPSA) is 101 Å². The monoisotopic (exact) mass is 535 g/mol. The molecule has 1 N–H and O–H groups in total. The van der Waals surface area contributed by atoms with Gasteiger partial charge in [0.05, 0.1) is 23.7 Å². The minimum atomic E-state index is -1.03. The van der Waals surface area contributed by atoms with E-state index in [4.69, 9.17) is 8.83 Å². The van der Waals surface area contributed by atoms with Crippen LogP contribution in [0.2, 0.25) is 0 Å². The lowest BCUT2D eigenvalue weighted by molar-refractivity contribution is -0.148. The second kappa shape index (κ2) is 9.83. The number of rotatable bonds is 5. The summed E-state index contributed by atoms with van der Waals surface area (Å²) in [4.78, 5) is 40.5. The average molecular weight is 536 g/mol. The predicted octanol–water partition coefficient (Wildman–Crippen LogP) is 6.01. The first-order valence-electron chi connectivity index (χ1n) is 13.4. The van der Waals surface area contributed by atoms with E-state index in [1.807, 2.05) is 80.6 Å². The number of amides is 1. The lowest BCUT2D eigenvalue weighted by Gasteiger charge is -2.39. The van der Waals surface area contributed by atoms with Crippen LogP contribution in [0.25, 0.3) is 33.1 Å². The highest BCUT2D eigenvalue weighted by Crippen LogP contribution is 2.38. The van der Waals surface area contributed by atoms with E-state index >= 15 is 0 Å². The van der Waals surface area contributed by atoms with Crippen molar-refractivity contribution in [3.63, 3.8) is 0 Å². The summed E-state index contributed by atoms with van der Waals surface area (Å²) in [6, 6.07) is 21.1. The van der Waals surface area contributed by atoms with E-state index < -0.39 is 17.0 Å². The highest BCUT2D eigenvalue weighted by Gasteiger charge is 2.43. The van der Waals surface area contributed by atoms with Gasteiger partial charge in [-0.05, 0) is 49.4 Å². The summed E-state index contributed by atoms with van der Waals surface area (Å²) >= 11 is 0. The van der Waals surface area contributed by atoms with Gasteiger partial charge in [0.2, 0.25) is 5.91 Å². The number of hydrogen-bond acceptors (Lipinski definition) is 5. The minimum Gasteiger partial charge on any atom is -0.481 e. The van der Waals surface area contributed by atoms with Gasteiger partial charge in [0.1, 0.15) is 11.2 Å². The molecule has 2 aromatic heterocycles. The Kier molecular flexibility index (Phi) is 6.29. The zero-order chi connectivity index (χ0) is 28.0. The molecule has 1 saturated heterocycles. The van der Waals surface area contributed by atoms with Gasteiger partial charge in [-0.25, -0.2) is 4.79 Å². The molecule has 6 rings (SSSR count). The summed E-state index contributed by atoms with van der Waals surface area (Å²) in [5.74, 6) is -1.10. The molecule has 0 aliphatic carbocycles. The number of nitrogens with zero attached hydrogens (tertiary/aromatic N) is 1. The maximum absolute atomic E-state index is 13.4. The second-order valence-electron chi connectivity index (χ2n) is 10.6. The molecule has 5 aromatic rings. The lowest BCUT2D eigenvalue weighted by Crippen LogP contribution is -2.49. The molecular weight excluding hydrogens is 506 g/mol. The van der Waals surface area contributed by atoms with Gasteiger partial charge in [0.15, 0.2) is 0 Å². The number of likely N-dealkylation sites (tertiary alicyclic amines) is 1. The van der Waals surface area contributed by atoms with Crippen LogP contribution < -0.4 is 5.63 Å². The number of aliphatic carboxylic acids is 1. The van der Waals surface area contributed by atoms with E-state index in [0.717, 1.165) is 33.0 Å². The number of furan rings is 1. The van der Waals surface area contributed by atoms with E-state index in [9.17, 15) is 19.5 Å². The van der Waals surface area contributed by atoms with Crippen molar-refractivity contribution in [2.24, 2.45) is 0 Å². The second-order valence-corrected chi connectivity index (χ2v) is 10.6. The van der Waals surface area contributed by atoms with Gasteiger partial charge in [-0.3, -0.25) is 9.59 Å². The van der Waals surface area contributed by atoms with E-state index in [1.165, 1.54) is 0 Å². The summed E-state index contributed by atoms with van der Waals surface area (Å²) in [5, 5.41) is 11.8. The molecule has 7 heteroatoms. The number of piperidine rings is 1. The molecule has 0 spiro atoms. The standard InChI is InChI=1S/C33H29NO6/c1-20-24-17-26-27(22-9-5-3-6-10-22)19-39-29(26)21(2)30(24)40-31(36)25(20)18-28(35)34-15-13-33(14-16-34,32(37)38)23-11-7-4-8-12-23/h3-12,17,19H,13-16,18H2,1-2H3,(H,37,38). The molecule has 7 nitrogen and oxygen atoms in total.